The van der Waals surface area contributed by atoms with Gasteiger partial charge in [-0.2, -0.15) is 0 Å². The van der Waals surface area contributed by atoms with Crippen molar-refractivity contribution in [3.63, 3.8) is 0 Å². The maximum Gasteiger partial charge on any atom is 0.217 e. The number of carbonyl (C=O) groups is 2. The van der Waals surface area contributed by atoms with Gasteiger partial charge in [0.2, 0.25) is 11.8 Å². The fraction of sp³-hybridized carbons (Fsp3) is 0.950. The normalized spacial score (nSPS) is 50.8. The Kier molecular flexibility index (Phi) is 20.2. The molecule has 6 aliphatic rings. The molecule has 0 aliphatic carbocycles. The minimum atomic E-state index is -2.11. The predicted molar refractivity (Wildman–Crippen MR) is 220 cm³/mol. The van der Waals surface area contributed by atoms with Crippen LogP contribution in [0, 0.1) is 0 Å². The zero-order valence-electron chi connectivity index (χ0n) is 38.6. The quantitative estimate of drug-likeness (QED) is 0.0682. The van der Waals surface area contributed by atoms with Crippen LogP contribution in [-0.4, -0.2) is 304 Å². The zero-order chi connectivity index (χ0) is 52.5. The van der Waals surface area contributed by atoms with Gasteiger partial charge in [0.15, 0.2) is 37.7 Å². The summed E-state index contributed by atoms with van der Waals surface area (Å²) in [6.45, 7) is 1.36. The standard InChI is InChI=1S/C40H68N2O29/c1-9-19(47)24(52)28(56)37(63-9)62-8-16-33(34(18(35(60)65-16)42-12(4)46)71-39-30(58)25(53)20(48)10(2)64-39)70-36-17(41-11(3)45)23(51)32(14(6-44)67-36)69-40-31(59)27(55)22(50)15(68-40)7-61-38-29(57)26(54)21(49)13(5-43)66-38/h9-10,13-40,43-44,47-60H,5-8H2,1-4H3,(H,41,45)(H,42,46)/t9-,10-,13+,14+,15+,16+,17+,18+,19+,20+,21+,22+,23+,24+,25+,26-,27-,28-,29-,30-,31-,32+,33+,34+,35+,36-,37+,38-,39-,40-/m0/s1. The van der Waals surface area contributed by atoms with Crippen molar-refractivity contribution in [2.45, 2.75) is 212 Å². The molecular weight excluding hydrogens is 972 g/mol. The lowest BCUT2D eigenvalue weighted by molar-refractivity contribution is -0.378. The van der Waals surface area contributed by atoms with E-state index in [1.807, 2.05) is 0 Å². The van der Waals surface area contributed by atoms with E-state index in [0.717, 1.165) is 13.8 Å². The fourth-order valence-corrected chi connectivity index (χ4v) is 9.00. The molecular formula is C40H68N2O29. The van der Waals surface area contributed by atoms with Crippen LogP contribution in [0.3, 0.4) is 0 Å². The van der Waals surface area contributed by atoms with E-state index in [0.29, 0.717) is 0 Å². The first-order valence-corrected chi connectivity index (χ1v) is 22.8. The molecule has 0 radical (unpaired) electrons. The largest absolute Gasteiger partial charge is 0.394 e. The third kappa shape index (κ3) is 12.8. The second-order valence-electron chi connectivity index (χ2n) is 18.3. The van der Waals surface area contributed by atoms with Crippen molar-refractivity contribution in [2.24, 2.45) is 0 Å². The average molecular weight is 1040 g/mol. The summed E-state index contributed by atoms with van der Waals surface area (Å²) in [5.41, 5.74) is 0. The van der Waals surface area contributed by atoms with E-state index in [9.17, 15) is 91.3 Å². The van der Waals surface area contributed by atoms with Gasteiger partial charge < -0.3 is 144 Å². The SMILES string of the molecule is CC(=O)N[C@@H]1[C@@H](O[C@@H]2O[C@@H](C)[C@@H](O)[C@@H](O)[C@@H]2O)[C@H](O[C@@H]2O[C@H](CO)[C@@H](O[C@@H]3O[C@H](CO[C@H]4O[C@H](CO)[C@@H](O)[C@H](O)[C@@H]4O)[C@@H](O)[C@H](O)[C@@H]3O)[C@H](O)[C@H]2NC(C)=O)[C@@H](CO[C@@H]2O[C@@H](C)[C@@H](O)[C@@H](O)[C@@H]2O)O[C@H]1O. The number of amides is 2. The Balaban J connectivity index is 1.28. The van der Waals surface area contributed by atoms with Crippen LogP contribution in [0.4, 0.5) is 0 Å². The fourth-order valence-electron chi connectivity index (χ4n) is 9.00. The number of aliphatic hydroxyl groups excluding tert-OH is 16. The molecule has 31 heteroatoms. The number of hydrogen-bond acceptors (Lipinski definition) is 29. The van der Waals surface area contributed by atoms with Gasteiger partial charge in [-0.15, -0.1) is 0 Å². The summed E-state index contributed by atoms with van der Waals surface area (Å²) in [5, 5.41) is 175. The Bertz CT molecular complexity index is 1710. The average Bonchev–Trinajstić information content (AvgIpc) is 3.32. The van der Waals surface area contributed by atoms with Gasteiger partial charge >= 0.3 is 0 Å². The van der Waals surface area contributed by atoms with Crippen molar-refractivity contribution in [3.8, 4) is 0 Å². The van der Waals surface area contributed by atoms with Crippen LogP contribution in [0.2, 0.25) is 0 Å². The third-order valence-corrected chi connectivity index (χ3v) is 13.1. The maximum atomic E-state index is 12.8. The van der Waals surface area contributed by atoms with Crippen molar-refractivity contribution in [1.29, 1.82) is 0 Å². The predicted octanol–water partition coefficient (Wildman–Crippen LogP) is -11.8. The van der Waals surface area contributed by atoms with Crippen LogP contribution < -0.4 is 10.6 Å². The smallest absolute Gasteiger partial charge is 0.217 e. The Hall–Kier alpha value is -2.14. The molecule has 412 valence electrons. The van der Waals surface area contributed by atoms with E-state index >= 15 is 0 Å². The van der Waals surface area contributed by atoms with E-state index < -0.39 is 222 Å². The van der Waals surface area contributed by atoms with Crippen LogP contribution in [0.15, 0.2) is 0 Å². The summed E-state index contributed by atoms with van der Waals surface area (Å²) in [4.78, 5) is 25.4. The Morgan fingerprint density at radius 1 is 0.394 bits per heavy atom. The highest BCUT2D eigenvalue weighted by Gasteiger charge is 2.57. The van der Waals surface area contributed by atoms with Gasteiger partial charge in [0, 0.05) is 13.8 Å². The molecule has 6 heterocycles. The monoisotopic (exact) mass is 1040 g/mol. The third-order valence-electron chi connectivity index (χ3n) is 13.1. The second kappa shape index (κ2) is 24.7. The molecule has 0 aromatic carbocycles. The van der Waals surface area contributed by atoms with Crippen molar-refractivity contribution < 1.29 is 143 Å². The molecule has 18 N–H and O–H groups in total. The molecule has 0 saturated carbocycles. The molecule has 0 unspecified atom stereocenters. The Morgan fingerprint density at radius 2 is 0.789 bits per heavy atom. The van der Waals surface area contributed by atoms with Crippen LogP contribution in [-0.2, 0) is 61.7 Å². The lowest BCUT2D eigenvalue weighted by Crippen LogP contribution is -2.71. The Labute approximate surface area is 403 Å². The highest BCUT2D eigenvalue weighted by atomic mass is 16.8. The summed E-state index contributed by atoms with van der Waals surface area (Å²) in [5.74, 6) is -1.63. The molecule has 0 aromatic rings. The lowest BCUT2D eigenvalue weighted by Gasteiger charge is -2.51. The van der Waals surface area contributed by atoms with Crippen molar-refractivity contribution in [2.75, 3.05) is 26.4 Å². The van der Waals surface area contributed by atoms with Gasteiger partial charge in [-0.3, -0.25) is 9.59 Å². The first-order chi connectivity index (χ1) is 33.4. The number of aliphatic hydroxyl groups is 16. The Morgan fingerprint density at radius 3 is 1.32 bits per heavy atom. The van der Waals surface area contributed by atoms with Crippen molar-refractivity contribution >= 4 is 11.8 Å². The number of carbonyl (C=O) groups excluding carboxylic acids is 2. The second-order valence-corrected chi connectivity index (χ2v) is 18.3. The van der Waals surface area contributed by atoms with Crippen LogP contribution in [0.1, 0.15) is 27.7 Å². The summed E-state index contributed by atoms with van der Waals surface area (Å²) >= 11 is 0. The number of rotatable bonds is 16. The molecule has 6 saturated heterocycles. The number of hydrogen-bond donors (Lipinski definition) is 18. The summed E-state index contributed by atoms with van der Waals surface area (Å²) < 4.78 is 63.8. The van der Waals surface area contributed by atoms with E-state index in [1.165, 1.54) is 13.8 Å². The van der Waals surface area contributed by atoms with Crippen LogP contribution in [0.25, 0.3) is 0 Å². The van der Waals surface area contributed by atoms with Gasteiger partial charge in [0.1, 0.15) is 134 Å². The summed E-state index contributed by atoms with van der Waals surface area (Å²) in [6, 6.07) is -3.47. The van der Waals surface area contributed by atoms with Crippen molar-refractivity contribution in [3.05, 3.63) is 0 Å². The topological polar surface area (TPSA) is 483 Å². The molecule has 0 aromatic heterocycles. The molecule has 0 bridgehead atoms. The first kappa shape index (κ1) is 58.1. The summed E-state index contributed by atoms with van der Waals surface area (Å²) in [7, 11) is 0. The molecule has 6 fully saturated rings. The van der Waals surface area contributed by atoms with Gasteiger partial charge in [0.05, 0.1) is 38.6 Å². The summed E-state index contributed by atoms with van der Waals surface area (Å²) in [6.07, 6.45) is -49.8. The lowest BCUT2D eigenvalue weighted by atomic mass is 9.93. The molecule has 30 atom stereocenters. The highest BCUT2D eigenvalue weighted by Crippen LogP contribution is 2.36. The molecule has 31 nitrogen and oxygen atoms in total. The molecule has 6 rings (SSSR count). The van der Waals surface area contributed by atoms with E-state index in [2.05, 4.69) is 10.6 Å². The van der Waals surface area contributed by atoms with Gasteiger partial charge in [0.25, 0.3) is 0 Å². The van der Waals surface area contributed by atoms with Crippen LogP contribution >= 0.6 is 0 Å². The van der Waals surface area contributed by atoms with Gasteiger partial charge in [-0.1, -0.05) is 0 Å². The van der Waals surface area contributed by atoms with E-state index in [1.54, 1.807) is 0 Å². The molecule has 2 amide bonds. The van der Waals surface area contributed by atoms with Gasteiger partial charge in [-0.25, -0.2) is 0 Å². The van der Waals surface area contributed by atoms with E-state index in [4.69, 9.17) is 52.1 Å². The number of ether oxygens (including phenoxy) is 11. The van der Waals surface area contributed by atoms with E-state index in [-0.39, 0.29) is 0 Å². The minimum Gasteiger partial charge on any atom is -0.394 e. The van der Waals surface area contributed by atoms with Gasteiger partial charge in [-0.05, 0) is 13.8 Å². The first-order valence-electron chi connectivity index (χ1n) is 22.8. The van der Waals surface area contributed by atoms with Crippen LogP contribution in [0.5, 0.6) is 0 Å². The number of nitrogens with one attached hydrogen (secondary N) is 2. The zero-order valence-corrected chi connectivity index (χ0v) is 38.6. The maximum absolute atomic E-state index is 12.8. The van der Waals surface area contributed by atoms with Crippen molar-refractivity contribution in [1.82, 2.24) is 10.6 Å². The molecule has 0 spiro atoms. The minimum absolute atomic E-state index is 0.772. The molecule has 6 aliphatic heterocycles. The highest BCUT2D eigenvalue weighted by molar-refractivity contribution is 5.73. The molecule has 71 heavy (non-hydrogen) atoms.